The third kappa shape index (κ3) is 4.27. The molecule has 0 fully saturated rings. The van der Waals surface area contributed by atoms with Gasteiger partial charge in [-0.2, -0.15) is 0 Å². The topological polar surface area (TPSA) is 39.6 Å². The maximum atomic E-state index is 9.57. The zero-order valence-corrected chi connectivity index (χ0v) is 13.7. The Labute approximate surface area is 130 Å². The highest BCUT2D eigenvalue weighted by Gasteiger charge is 2.14. The van der Waals surface area contributed by atoms with E-state index in [0.29, 0.717) is 0 Å². The molecule has 0 aliphatic heterocycles. The van der Waals surface area contributed by atoms with Crippen LogP contribution in [0.15, 0.2) is 30.3 Å². The van der Waals surface area contributed by atoms with Crippen molar-refractivity contribution in [2.24, 2.45) is 0 Å². The molecule has 1 N–H and O–H groups in total. The molecule has 0 bridgehead atoms. The van der Waals surface area contributed by atoms with Crippen molar-refractivity contribution >= 4 is 16.5 Å². The number of hydrogen-bond acceptors (Lipinski definition) is 5. The summed E-state index contributed by atoms with van der Waals surface area (Å²) in [4.78, 5) is 10.00. The first-order valence-corrected chi connectivity index (χ1v) is 7.95. The van der Waals surface area contributed by atoms with Gasteiger partial charge in [-0.25, -0.2) is 4.98 Å². The Hall–Kier alpha value is -1.43. The molecule has 2 aromatic rings. The van der Waals surface area contributed by atoms with Crippen molar-refractivity contribution in [1.82, 2.24) is 9.88 Å². The van der Waals surface area contributed by atoms with E-state index in [2.05, 4.69) is 30.9 Å². The predicted molar refractivity (Wildman–Crippen MR) is 89.9 cm³/mol. The maximum absolute atomic E-state index is 9.57. The lowest BCUT2D eigenvalue weighted by Gasteiger charge is -2.17. The lowest BCUT2D eigenvalue weighted by molar-refractivity contribution is 0.286. The predicted octanol–water partition coefficient (Wildman–Crippen LogP) is 2.69. The van der Waals surface area contributed by atoms with Gasteiger partial charge in [-0.3, -0.25) is 0 Å². The maximum Gasteiger partial charge on any atom is 0.185 e. The number of thiazole rings is 1. The average molecular weight is 305 g/mol. The Morgan fingerprint density at radius 3 is 2.43 bits per heavy atom. The van der Waals surface area contributed by atoms with Crippen LogP contribution in [0.25, 0.3) is 11.3 Å². The molecule has 0 spiro atoms. The number of benzene rings is 1. The highest BCUT2D eigenvalue weighted by molar-refractivity contribution is 7.16. The lowest BCUT2D eigenvalue weighted by atomic mass is 10.1. The Bertz CT molecular complexity index is 554. The summed E-state index contributed by atoms with van der Waals surface area (Å²) >= 11 is 1.57. The molecule has 1 aromatic carbocycles. The summed E-state index contributed by atoms with van der Waals surface area (Å²) in [5, 5.41) is 10.5. The molecule has 0 unspecified atom stereocenters. The SMILES string of the molecule is CN(C)CCCN(C)c1nc(-c2ccccc2)c(CO)s1. The first-order valence-electron chi connectivity index (χ1n) is 7.13. The fourth-order valence-electron chi connectivity index (χ4n) is 2.15. The van der Waals surface area contributed by atoms with E-state index in [4.69, 9.17) is 4.98 Å². The first kappa shape index (κ1) is 15.9. The van der Waals surface area contributed by atoms with Crippen LogP contribution in [0, 0.1) is 0 Å². The summed E-state index contributed by atoms with van der Waals surface area (Å²) in [5.74, 6) is 0. The molecule has 1 heterocycles. The van der Waals surface area contributed by atoms with Crippen molar-refractivity contribution < 1.29 is 5.11 Å². The molecule has 0 aliphatic carbocycles. The van der Waals surface area contributed by atoms with Gasteiger partial charge in [0.2, 0.25) is 0 Å². The van der Waals surface area contributed by atoms with Crippen LogP contribution in [0.2, 0.25) is 0 Å². The molecule has 0 saturated carbocycles. The van der Waals surface area contributed by atoms with E-state index >= 15 is 0 Å². The Balaban J connectivity index is 2.13. The number of nitrogens with zero attached hydrogens (tertiary/aromatic N) is 3. The largest absolute Gasteiger partial charge is 0.391 e. The molecular weight excluding hydrogens is 282 g/mol. The molecule has 5 heteroatoms. The second kappa shape index (κ2) is 7.54. The Morgan fingerprint density at radius 2 is 1.81 bits per heavy atom. The van der Waals surface area contributed by atoms with E-state index in [-0.39, 0.29) is 6.61 Å². The standard InChI is InChI=1S/C16H23N3OS/c1-18(2)10-7-11-19(3)16-17-15(14(12-20)21-16)13-8-5-4-6-9-13/h4-6,8-9,20H,7,10-12H2,1-3H3. The summed E-state index contributed by atoms with van der Waals surface area (Å²) < 4.78 is 0. The highest BCUT2D eigenvalue weighted by atomic mass is 32.1. The minimum Gasteiger partial charge on any atom is -0.391 e. The molecule has 21 heavy (non-hydrogen) atoms. The van der Waals surface area contributed by atoms with E-state index in [9.17, 15) is 5.11 Å². The van der Waals surface area contributed by atoms with E-state index in [1.54, 1.807) is 11.3 Å². The number of anilines is 1. The van der Waals surface area contributed by atoms with Crippen molar-refractivity contribution in [3.8, 4) is 11.3 Å². The van der Waals surface area contributed by atoms with E-state index in [1.807, 2.05) is 30.3 Å². The van der Waals surface area contributed by atoms with Gasteiger partial charge in [0.1, 0.15) is 0 Å². The summed E-state index contributed by atoms with van der Waals surface area (Å²) in [6.07, 6.45) is 1.10. The van der Waals surface area contributed by atoms with Gasteiger partial charge in [0.25, 0.3) is 0 Å². The fraction of sp³-hybridized carbons (Fsp3) is 0.438. The second-order valence-corrected chi connectivity index (χ2v) is 6.43. The van der Waals surface area contributed by atoms with E-state index in [0.717, 1.165) is 40.8 Å². The molecule has 0 saturated heterocycles. The van der Waals surface area contributed by atoms with Gasteiger partial charge in [-0.05, 0) is 27.1 Å². The number of aliphatic hydroxyl groups is 1. The number of aliphatic hydroxyl groups excluding tert-OH is 1. The van der Waals surface area contributed by atoms with Gasteiger partial charge >= 0.3 is 0 Å². The summed E-state index contributed by atoms with van der Waals surface area (Å²) in [6, 6.07) is 10.0. The Kier molecular flexibility index (Phi) is 5.73. The van der Waals surface area contributed by atoms with Gasteiger partial charge in [0.05, 0.1) is 17.2 Å². The van der Waals surface area contributed by atoms with Crippen LogP contribution in [0.4, 0.5) is 5.13 Å². The van der Waals surface area contributed by atoms with Crippen LogP contribution in [0.3, 0.4) is 0 Å². The fourth-order valence-corrected chi connectivity index (χ4v) is 3.08. The summed E-state index contributed by atoms with van der Waals surface area (Å²) in [5.41, 5.74) is 1.96. The Morgan fingerprint density at radius 1 is 1.10 bits per heavy atom. The summed E-state index contributed by atoms with van der Waals surface area (Å²) in [7, 11) is 6.23. The zero-order valence-electron chi connectivity index (χ0n) is 12.9. The smallest absolute Gasteiger partial charge is 0.185 e. The van der Waals surface area contributed by atoms with Crippen LogP contribution in [0.1, 0.15) is 11.3 Å². The monoisotopic (exact) mass is 305 g/mol. The third-order valence-electron chi connectivity index (χ3n) is 3.30. The van der Waals surface area contributed by atoms with Crippen LogP contribution in [-0.2, 0) is 6.61 Å². The van der Waals surface area contributed by atoms with E-state index in [1.165, 1.54) is 0 Å². The minimum atomic E-state index is 0.0352. The molecule has 2 rings (SSSR count). The molecular formula is C16H23N3OS. The number of rotatable bonds is 7. The van der Waals surface area contributed by atoms with Crippen molar-refractivity contribution in [1.29, 1.82) is 0 Å². The van der Waals surface area contributed by atoms with Crippen molar-refractivity contribution in [3.05, 3.63) is 35.2 Å². The molecule has 0 radical (unpaired) electrons. The molecule has 0 amide bonds. The molecule has 4 nitrogen and oxygen atoms in total. The zero-order chi connectivity index (χ0) is 15.2. The second-order valence-electron chi connectivity index (χ2n) is 5.37. The van der Waals surface area contributed by atoms with Crippen LogP contribution < -0.4 is 4.90 Å². The summed E-state index contributed by atoms with van der Waals surface area (Å²) in [6.45, 7) is 2.06. The lowest BCUT2D eigenvalue weighted by Crippen LogP contribution is -2.23. The number of hydrogen-bond donors (Lipinski definition) is 1. The van der Waals surface area contributed by atoms with E-state index < -0.39 is 0 Å². The van der Waals surface area contributed by atoms with Crippen LogP contribution in [0.5, 0.6) is 0 Å². The minimum absolute atomic E-state index is 0.0352. The van der Waals surface area contributed by atoms with Gasteiger partial charge in [0.15, 0.2) is 5.13 Å². The quantitative estimate of drug-likeness (QED) is 0.854. The van der Waals surface area contributed by atoms with Gasteiger partial charge < -0.3 is 14.9 Å². The average Bonchev–Trinajstić information content (AvgIpc) is 2.92. The van der Waals surface area contributed by atoms with Crippen LogP contribution in [-0.4, -0.2) is 49.2 Å². The molecule has 114 valence electrons. The molecule has 0 atom stereocenters. The molecule has 1 aromatic heterocycles. The van der Waals surface area contributed by atoms with Crippen molar-refractivity contribution in [2.45, 2.75) is 13.0 Å². The highest BCUT2D eigenvalue weighted by Crippen LogP contribution is 2.32. The van der Waals surface area contributed by atoms with Crippen molar-refractivity contribution in [2.75, 3.05) is 39.1 Å². The normalized spacial score (nSPS) is 11.1. The molecule has 0 aliphatic rings. The van der Waals surface area contributed by atoms with Gasteiger partial charge in [-0.15, -0.1) is 0 Å². The third-order valence-corrected chi connectivity index (χ3v) is 4.46. The van der Waals surface area contributed by atoms with Crippen LogP contribution >= 0.6 is 11.3 Å². The van der Waals surface area contributed by atoms with Gasteiger partial charge in [0, 0.05) is 19.2 Å². The van der Waals surface area contributed by atoms with Gasteiger partial charge in [-0.1, -0.05) is 41.7 Å². The first-order chi connectivity index (χ1) is 10.1. The number of aromatic nitrogens is 1. The van der Waals surface area contributed by atoms with Crippen molar-refractivity contribution in [3.63, 3.8) is 0 Å².